The van der Waals surface area contributed by atoms with E-state index in [1.807, 2.05) is 6.07 Å². The molecule has 3 aromatic carbocycles. The maximum Gasteiger partial charge on any atom is 0.300 e. The number of hydrogen-bond acceptors (Lipinski definition) is 4. The third-order valence-electron chi connectivity index (χ3n) is 5.36. The number of ketones is 1. The number of rotatable bonds is 4. The van der Waals surface area contributed by atoms with Crippen molar-refractivity contribution in [2.24, 2.45) is 0 Å². The first-order valence-electron chi connectivity index (χ1n) is 9.69. The molecule has 3 aromatic rings. The molecule has 1 aliphatic rings. The average molecular weight is 417 g/mol. The fourth-order valence-corrected chi connectivity index (χ4v) is 3.83. The predicted octanol–water partition coefficient (Wildman–Crippen LogP) is 4.77. The molecule has 1 aliphatic heterocycles. The van der Waals surface area contributed by atoms with Crippen LogP contribution in [0, 0.1) is 12.7 Å². The number of ether oxygens (including phenoxy) is 1. The quantitative estimate of drug-likeness (QED) is 0.377. The van der Waals surface area contributed by atoms with Crippen LogP contribution in [-0.2, 0) is 9.59 Å². The van der Waals surface area contributed by atoms with Crippen LogP contribution in [0.5, 0.6) is 5.75 Å². The van der Waals surface area contributed by atoms with E-state index in [1.165, 1.54) is 30.2 Å². The topological polar surface area (TPSA) is 66.8 Å². The molecule has 1 N–H and O–H groups in total. The molecule has 0 spiro atoms. The fourth-order valence-electron chi connectivity index (χ4n) is 3.83. The number of aryl methyl sites for hydroxylation is 1. The third-order valence-corrected chi connectivity index (χ3v) is 5.36. The first kappa shape index (κ1) is 20.3. The van der Waals surface area contributed by atoms with Crippen molar-refractivity contribution in [3.63, 3.8) is 0 Å². The maximum atomic E-state index is 14.9. The molecule has 5 nitrogen and oxygen atoms in total. The number of amides is 1. The molecule has 0 aromatic heterocycles. The van der Waals surface area contributed by atoms with Gasteiger partial charge in [0.25, 0.3) is 11.7 Å². The van der Waals surface area contributed by atoms with Gasteiger partial charge in [0.1, 0.15) is 17.3 Å². The Morgan fingerprint density at radius 2 is 1.71 bits per heavy atom. The van der Waals surface area contributed by atoms with Crippen molar-refractivity contribution in [3.05, 3.63) is 101 Å². The summed E-state index contributed by atoms with van der Waals surface area (Å²) in [6.07, 6.45) is 0. The molecule has 1 atom stereocenters. The molecule has 1 unspecified atom stereocenters. The number of hydrogen-bond donors (Lipinski definition) is 1. The Kier molecular flexibility index (Phi) is 5.29. The number of anilines is 1. The smallest absolute Gasteiger partial charge is 0.300 e. The van der Waals surface area contributed by atoms with E-state index in [2.05, 4.69) is 0 Å². The largest absolute Gasteiger partial charge is 0.507 e. The molecule has 1 fully saturated rings. The van der Waals surface area contributed by atoms with E-state index in [0.717, 1.165) is 5.56 Å². The van der Waals surface area contributed by atoms with Crippen molar-refractivity contribution in [1.29, 1.82) is 0 Å². The van der Waals surface area contributed by atoms with Gasteiger partial charge in [-0.25, -0.2) is 4.39 Å². The normalized spacial score (nSPS) is 17.8. The zero-order valence-corrected chi connectivity index (χ0v) is 17.0. The minimum Gasteiger partial charge on any atom is -0.507 e. The molecule has 0 radical (unpaired) electrons. The zero-order valence-electron chi connectivity index (χ0n) is 17.0. The number of aliphatic hydroxyl groups excluding tert-OH is 1. The van der Waals surface area contributed by atoms with Gasteiger partial charge in [-0.1, -0.05) is 48.5 Å². The van der Waals surface area contributed by atoms with E-state index in [0.29, 0.717) is 17.0 Å². The lowest BCUT2D eigenvalue weighted by molar-refractivity contribution is -0.132. The maximum absolute atomic E-state index is 14.9. The summed E-state index contributed by atoms with van der Waals surface area (Å²) >= 11 is 0. The van der Waals surface area contributed by atoms with Crippen LogP contribution >= 0.6 is 0 Å². The van der Waals surface area contributed by atoms with E-state index in [4.69, 9.17) is 4.74 Å². The van der Waals surface area contributed by atoms with Gasteiger partial charge in [-0.05, 0) is 36.8 Å². The first-order chi connectivity index (χ1) is 14.9. The summed E-state index contributed by atoms with van der Waals surface area (Å²) in [5.74, 6) is -2.20. The Bertz CT molecular complexity index is 1220. The highest BCUT2D eigenvalue weighted by atomic mass is 19.1. The molecule has 4 rings (SSSR count). The second kappa shape index (κ2) is 8.07. The number of Topliss-reactive ketones (excluding diaryl/α,β-unsaturated/α-hetero) is 1. The molecule has 0 saturated carbocycles. The van der Waals surface area contributed by atoms with Crippen molar-refractivity contribution in [1.82, 2.24) is 0 Å². The monoisotopic (exact) mass is 417 g/mol. The second-order valence-electron chi connectivity index (χ2n) is 7.21. The highest BCUT2D eigenvalue weighted by Gasteiger charge is 2.48. The predicted molar refractivity (Wildman–Crippen MR) is 115 cm³/mol. The SMILES string of the molecule is COc1cccc(/C(O)=C2\C(=O)C(=O)N(c3ccccc3C)C2c2ccccc2F)c1. The number of aliphatic hydroxyl groups is 1. The molecule has 1 heterocycles. The van der Waals surface area contributed by atoms with E-state index >= 15 is 0 Å². The van der Waals surface area contributed by atoms with Crippen LogP contribution < -0.4 is 9.64 Å². The summed E-state index contributed by atoms with van der Waals surface area (Å²) in [6.45, 7) is 1.80. The number of carbonyl (C=O) groups excluding carboxylic acids is 2. The number of methoxy groups -OCH3 is 1. The van der Waals surface area contributed by atoms with Crippen LogP contribution in [0.3, 0.4) is 0 Å². The summed E-state index contributed by atoms with van der Waals surface area (Å²) in [5.41, 5.74) is 1.46. The van der Waals surface area contributed by atoms with Crippen LogP contribution in [0.2, 0.25) is 0 Å². The van der Waals surface area contributed by atoms with Crippen LogP contribution in [0.4, 0.5) is 10.1 Å². The Balaban J connectivity index is 1.99. The van der Waals surface area contributed by atoms with Crippen LogP contribution in [-0.4, -0.2) is 23.9 Å². The van der Waals surface area contributed by atoms with Gasteiger partial charge in [0.2, 0.25) is 0 Å². The minimum absolute atomic E-state index is 0.120. The lowest BCUT2D eigenvalue weighted by atomic mass is 9.94. The minimum atomic E-state index is -1.12. The molecule has 156 valence electrons. The van der Waals surface area contributed by atoms with Gasteiger partial charge in [0, 0.05) is 16.8 Å². The molecule has 6 heteroatoms. The first-order valence-corrected chi connectivity index (χ1v) is 9.69. The van der Waals surface area contributed by atoms with Crippen LogP contribution in [0.1, 0.15) is 22.7 Å². The molecule has 0 aliphatic carbocycles. The van der Waals surface area contributed by atoms with Gasteiger partial charge in [-0.15, -0.1) is 0 Å². The second-order valence-corrected chi connectivity index (χ2v) is 7.21. The molecular weight excluding hydrogens is 397 g/mol. The zero-order chi connectivity index (χ0) is 22.1. The van der Waals surface area contributed by atoms with E-state index in [1.54, 1.807) is 55.5 Å². The average Bonchev–Trinajstić information content (AvgIpc) is 3.04. The van der Waals surface area contributed by atoms with Gasteiger partial charge in [-0.2, -0.15) is 0 Å². The molecule has 1 saturated heterocycles. The molecule has 1 amide bonds. The van der Waals surface area contributed by atoms with Crippen molar-refractivity contribution in [2.75, 3.05) is 12.0 Å². The van der Waals surface area contributed by atoms with Crippen molar-refractivity contribution in [3.8, 4) is 5.75 Å². The number of para-hydroxylation sites is 1. The summed E-state index contributed by atoms with van der Waals surface area (Å²) in [5, 5.41) is 11.1. The Hall–Kier alpha value is -3.93. The lowest BCUT2D eigenvalue weighted by Gasteiger charge is -2.27. The van der Waals surface area contributed by atoms with Crippen LogP contribution in [0.15, 0.2) is 78.4 Å². The fraction of sp³-hybridized carbons (Fsp3) is 0.120. The highest BCUT2D eigenvalue weighted by molar-refractivity contribution is 6.51. The van der Waals surface area contributed by atoms with E-state index in [9.17, 15) is 19.1 Å². The van der Waals surface area contributed by atoms with Gasteiger partial charge in [-0.3, -0.25) is 14.5 Å². The van der Waals surface area contributed by atoms with Gasteiger partial charge < -0.3 is 9.84 Å². The summed E-state index contributed by atoms with van der Waals surface area (Å²) < 4.78 is 20.1. The van der Waals surface area contributed by atoms with Gasteiger partial charge >= 0.3 is 0 Å². The van der Waals surface area contributed by atoms with Crippen molar-refractivity contribution in [2.45, 2.75) is 13.0 Å². The number of carbonyl (C=O) groups is 2. The summed E-state index contributed by atoms with van der Waals surface area (Å²) in [6, 6.07) is 18.3. The van der Waals surface area contributed by atoms with E-state index in [-0.39, 0.29) is 16.9 Å². The standard InChI is InChI=1S/C25H20FNO4/c1-15-8-3-6-13-20(15)27-22(18-11-4-5-12-19(18)26)21(24(29)25(27)30)23(28)16-9-7-10-17(14-16)31-2/h3-14,22,28H,1-2H3/b23-21+. The lowest BCUT2D eigenvalue weighted by Crippen LogP contribution is -2.30. The highest BCUT2D eigenvalue weighted by Crippen LogP contribution is 2.43. The number of halogens is 1. The van der Waals surface area contributed by atoms with E-state index < -0.39 is 23.5 Å². The van der Waals surface area contributed by atoms with Crippen molar-refractivity contribution < 1.29 is 23.8 Å². The molecular formula is C25H20FNO4. The van der Waals surface area contributed by atoms with Gasteiger partial charge in [0.15, 0.2) is 0 Å². The molecule has 0 bridgehead atoms. The summed E-state index contributed by atoms with van der Waals surface area (Å²) in [7, 11) is 1.48. The number of benzene rings is 3. The molecule has 31 heavy (non-hydrogen) atoms. The Labute approximate surface area is 179 Å². The van der Waals surface area contributed by atoms with Crippen LogP contribution in [0.25, 0.3) is 5.76 Å². The Morgan fingerprint density at radius 3 is 2.42 bits per heavy atom. The summed E-state index contributed by atoms with van der Waals surface area (Å²) in [4.78, 5) is 27.5. The van der Waals surface area contributed by atoms with Crippen molar-refractivity contribution >= 4 is 23.1 Å². The Morgan fingerprint density at radius 1 is 1.00 bits per heavy atom. The third kappa shape index (κ3) is 3.46. The van der Waals surface area contributed by atoms with Gasteiger partial charge in [0.05, 0.1) is 18.7 Å². The number of nitrogens with zero attached hydrogens (tertiary/aromatic N) is 1.